The molecular formula is C21H25N2-. The number of hydrogen-bond acceptors (Lipinski definition) is 2. The van der Waals surface area contributed by atoms with Crippen molar-refractivity contribution in [3.63, 3.8) is 0 Å². The van der Waals surface area contributed by atoms with E-state index in [-0.39, 0.29) is 0 Å². The Morgan fingerprint density at radius 3 is 1.17 bits per heavy atom. The third kappa shape index (κ3) is 2.86. The van der Waals surface area contributed by atoms with Crippen molar-refractivity contribution >= 4 is 11.4 Å². The Kier molecular flexibility index (Phi) is 3.93. The fraction of sp³-hybridized carbons (Fsp3) is 0.286. The molecule has 0 saturated heterocycles. The van der Waals surface area contributed by atoms with Crippen LogP contribution in [0.2, 0.25) is 0 Å². The molecule has 0 radical (unpaired) electrons. The fourth-order valence-electron chi connectivity index (χ4n) is 3.78. The van der Waals surface area contributed by atoms with Crippen LogP contribution >= 0.6 is 0 Å². The summed E-state index contributed by atoms with van der Waals surface area (Å²) in [6.07, 6.45) is 4.28. The van der Waals surface area contributed by atoms with Crippen LogP contribution in [-0.2, 0) is 0 Å². The molecular weight excluding hydrogens is 280 g/mol. The minimum atomic E-state index is 1.27. The van der Waals surface area contributed by atoms with Gasteiger partial charge in [0.1, 0.15) is 0 Å². The highest BCUT2D eigenvalue weighted by molar-refractivity contribution is 5.71. The van der Waals surface area contributed by atoms with Crippen LogP contribution in [-0.4, -0.2) is 0 Å². The lowest BCUT2D eigenvalue weighted by Crippen LogP contribution is -2.21. The van der Waals surface area contributed by atoms with Crippen LogP contribution in [0.3, 0.4) is 0 Å². The van der Waals surface area contributed by atoms with Crippen LogP contribution < -0.4 is 9.80 Å². The summed E-state index contributed by atoms with van der Waals surface area (Å²) in [5.41, 5.74) is 10.4. The second kappa shape index (κ2) is 5.77. The lowest BCUT2D eigenvalue weighted by Gasteiger charge is -2.37. The van der Waals surface area contributed by atoms with E-state index in [1.165, 1.54) is 44.8 Å². The van der Waals surface area contributed by atoms with Crippen LogP contribution in [0.4, 0.5) is 11.4 Å². The van der Waals surface area contributed by atoms with Gasteiger partial charge in [0.15, 0.2) is 0 Å². The second-order valence-corrected chi connectivity index (χ2v) is 6.72. The van der Waals surface area contributed by atoms with Gasteiger partial charge >= 0.3 is 0 Å². The Morgan fingerprint density at radius 2 is 0.870 bits per heavy atom. The predicted molar refractivity (Wildman–Crippen MR) is 99.7 cm³/mol. The van der Waals surface area contributed by atoms with Crippen molar-refractivity contribution in [1.29, 1.82) is 0 Å². The average Bonchev–Trinajstić information content (AvgIpc) is 2.85. The first-order chi connectivity index (χ1) is 10.9. The number of aryl methyl sites for hydroxylation is 6. The quantitative estimate of drug-likeness (QED) is 0.680. The molecule has 1 aliphatic heterocycles. The summed E-state index contributed by atoms with van der Waals surface area (Å²) >= 11 is 0. The number of hydrogen-bond donors (Lipinski definition) is 0. The minimum absolute atomic E-state index is 1.27. The Bertz CT molecular complexity index is 675. The summed E-state index contributed by atoms with van der Waals surface area (Å²) in [7, 11) is 0. The number of nitrogens with zero attached hydrogens (tertiary/aromatic N) is 2. The van der Waals surface area contributed by atoms with Gasteiger partial charge in [-0.25, -0.2) is 0 Å². The van der Waals surface area contributed by atoms with Gasteiger partial charge < -0.3 is 9.80 Å². The third-order valence-corrected chi connectivity index (χ3v) is 4.42. The molecule has 2 nitrogen and oxygen atoms in total. The van der Waals surface area contributed by atoms with Crippen LogP contribution in [0.1, 0.15) is 33.4 Å². The Balaban J connectivity index is 1.93. The predicted octanol–water partition coefficient (Wildman–Crippen LogP) is 5.45. The molecule has 2 aromatic rings. The van der Waals surface area contributed by atoms with E-state index in [2.05, 4.69) is 94.7 Å². The summed E-state index contributed by atoms with van der Waals surface area (Å²) < 4.78 is 0. The smallest absolute Gasteiger partial charge is 0.0184 e. The van der Waals surface area contributed by atoms with Crippen molar-refractivity contribution < 1.29 is 0 Å². The maximum atomic E-state index is 2.25. The van der Waals surface area contributed by atoms with Crippen molar-refractivity contribution in [2.45, 2.75) is 41.5 Å². The number of anilines is 2. The van der Waals surface area contributed by atoms with E-state index >= 15 is 0 Å². The molecule has 0 atom stereocenters. The monoisotopic (exact) mass is 305 g/mol. The van der Waals surface area contributed by atoms with Crippen molar-refractivity contribution in [2.75, 3.05) is 9.80 Å². The van der Waals surface area contributed by atoms with Crippen molar-refractivity contribution in [2.24, 2.45) is 0 Å². The van der Waals surface area contributed by atoms with Crippen molar-refractivity contribution in [3.8, 4) is 0 Å². The summed E-state index contributed by atoms with van der Waals surface area (Å²) in [6, 6.07) is 8.98. The van der Waals surface area contributed by atoms with Gasteiger partial charge in [-0.2, -0.15) is 0 Å². The normalized spacial score (nSPS) is 14.0. The van der Waals surface area contributed by atoms with Crippen molar-refractivity contribution in [1.82, 2.24) is 0 Å². The molecule has 0 N–H and O–H groups in total. The van der Waals surface area contributed by atoms with Gasteiger partial charge in [0.25, 0.3) is 0 Å². The first-order valence-corrected chi connectivity index (χ1v) is 8.12. The standard InChI is InChI=1S/C21H25N2/c1-14-9-16(3)20(17(4)10-14)22-7-8-23(13-22)21-18(5)11-15(2)12-19(21)6/h7-13H,1-6H3/q-1. The van der Waals surface area contributed by atoms with E-state index < -0.39 is 0 Å². The van der Waals surface area contributed by atoms with E-state index in [0.29, 0.717) is 0 Å². The molecule has 0 bridgehead atoms. The van der Waals surface area contributed by atoms with Crippen LogP contribution in [0.25, 0.3) is 0 Å². The number of benzene rings is 2. The average molecular weight is 305 g/mol. The molecule has 3 rings (SSSR count). The molecule has 0 spiro atoms. The van der Waals surface area contributed by atoms with Crippen LogP contribution in [0.5, 0.6) is 0 Å². The van der Waals surface area contributed by atoms with Gasteiger partial charge in [-0.15, -0.1) is 6.67 Å². The highest BCUT2D eigenvalue weighted by atomic mass is 15.3. The molecule has 2 heteroatoms. The SMILES string of the molecule is Cc1cc(C)c(N2C=CN(c3c(C)cc(C)cc3C)[CH-]2)c(C)c1. The molecule has 0 fully saturated rings. The molecule has 0 aliphatic carbocycles. The first kappa shape index (κ1) is 15.7. The Hall–Kier alpha value is -2.22. The Labute approximate surface area is 140 Å². The van der Waals surface area contributed by atoms with Gasteiger partial charge in [0.05, 0.1) is 0 Å². The molecule has 1 aliphatic rings. The molecule has 2 aromatic carbocycles. The molecule has 1 heterocycles. The molecule has 120 valence electrons. The molecule has 23 heavy (non-hydrogen) atoms. The van der Waals surface area contributed by atoms with Crippen LogP contribution in [0.15, 0.2) is 36.7 Å². The maximum absolute atomic E-state index is 2.25. The van der Waals surface area contributed by atoms with Crippen LogP contribution in [0, 0.1) is 48.2 Å². The second-order valence-electron chi connectivity index (χ2n) is 6.72. The Morgan fingerprint density at radius 1 is 0.565 bits per heavy atom. The lowest BCUT2D eigenvalue weighted by atomic mass is 10.0. The van der Waals surface area contributed by atoms with Crippen molar-refractivity contribution in [3.05, 3.63) is 76.7 Å². The summed E-state index contributed by atoms with van der Waals surface area (Å²) in [4.78, 5) is 4.45. The summed E-state index contributed by atoms with van der Waals surface area (Å²) in [6.45, 7) is 15.2. The highest BCUT2D eigenvalue weighted by Crippen LogP contribution is 2.35. The van der Waals surface area contributed by atoms with E-state index in [0.717, 1.165) is 0 Å². The topological polar surface area (TPSA) is 6.48 Å². The van der Waals surface area contributed by atoms with E-state index in [9.17, 15) is 0 Å². The molecule has 0 aromatic heterocycles. The minimum Gasteiger partial charge on any atom is -0.479 e. The third-order valence-electron chi connectivity index (χ3n) is 4.42. The largest absolute Gasteiger partial charge is 0.479 e. The number of rotatable bonds is 2. The summed E-state index contributed by atoms with van der Waals surface area (Å²) in [5.74, 6) is 0. The van der Waals surface area contributed by atoms with Gasteiger partial charge in [-0.05, 0) is 76.2 Å². The van der Waals surface area contributed by atoms with Gasteiger partial charge in [0, 0.05) is 11.4 Å². The molecule has 0 unspecified atom stereocenters. The van der Waals surface area contributed by atoms with Gasteiger partial charge in [0.2, 0.25) is 0 Å². The zero-order valence-electron chi connectivity index (χ0n) is 14.9. The lowest BCUT2D eigenvalue weighted by molar-refractivity contribution is 1.07. The van der Waals surface area contributed by atoms with E-state index in [1.54, 1.807) is 0 Å². The molecule has 0 amide bonds. The fourth-order valence-corrected chi connectivity index (χ4v) is 3.78. The summed E-state index contributed by atoms with van der Waals surface area (Å²) in [5, 5.41) is 0. The van der Waals surface area contributed by atoms with E-state index in [4.69, 9.17) is 0 Å². The molecule has 0 saturated carbocycles. The first-order valence-electron chi connectivity index (χ1n) is 8.12. The maximum Gasteiger partial charge on any atom is 0.0184 e. The van der Waals surface area contributed by atoms with Gasteiger partial charge in [-0.3, -0.25) is 0 Å². The zero-order chi connectivity index (χ0) is 16.7. The highest BCUT2D eigenvalue weighted by Gasteiger charge is 2.13. The zero-order valence-corrected chi connectivity index (χ0v) is 14.9. The van der Waals surface area contributed by atoms with Gasteiger partial charge in [-0.1, -0.05) is 35.4 Å². The van der Waals surface area contributed by atoms with E-state index in [1.807, 2.05) is 0 Å².